The van der Waals surface area contributed by atoms with Crippen LogP contribution in [0.25, 0.3) is 0 Å². The van der Waals surface area contributed by atoms with Crippen LogP contribution in [0.1, 0.15) is 13.8 Å². The minimum absolute atomic E-state index is 0.0700. The number of hydrogen-bond donors (Lipinski definition) is 0. The van der Waals surface area contributed by atoms with E-state index in [1.807, 2.05) is 0 Å². The molecule has 0 saturated carbocycles. The summed E-state index contributed by atoms with van der Waals surface area (Å²) in [5, 5.41) is 0. The molecule has 0 rings (SSSR count). The number of methoxy groups -OCH3 is 1. The average Bonchev–Trinajstić information content (AvgIpc) is 2.04. The van der Waals surface area contributed by atoms with Crippen molar-refractivity contribution in [2.24, 2.45) is 0 Å². The van der Waals surface area contributed by atoms with Crippen molar-refractivity contribution in [1.82, 2.24) is 0 Å². The summed E-state index contributed by atoms with van der Waals surface area (Å²) in [6.07, 6.45) is 1.12. The second-order valence-corrected chi connectivity index (χ2v) is 2.03. The molecular formula is C8H12O4. The fourth-order valence-electron chi connectivity index (χ4n) is 0.551. The number of esters is 1. The van der Waals surface area contributed by atoms with Crippen LogP contribution in [0.4, 0.5) is 0 Å². The number of Topliss-reactive ketones (excluding diaryl/α,β-unsaturated/α-hetero) is 1. The molecule has 12 heavy (non-hydrogen) atoms. The van der Waals surface area contributed by atoms with Crippen molar-refractivity contribution in [2.75, 3.05) is 13.7 Å². The van der Waals surface area contributed by atoms with Crippen LogP contribution in [0.5, 0.6) is 0 Å². The van der Waals surface area contributed by atoms with E-state index in [9.17, 15) is 9.59 Å². The lowest BCUT2D eigenvalue weighted by Gasteiger charge is -2.00. The van der Waals surface area contributed by atoms with E-state index in [1.165, 1.54) is 14.0 Å². The van der Waals surface area contributed by atoms with Crippen molar-refractivity contribution >= 4 is 11.8 Å². The van der Waals surface area contributed by atoms with E-state index in [0.717, 1.165) is 6.26 Å². The highest BCUT2D eigenvalue weighted by Crippen LogP contribution is 1.99. The fourth-order valence-corrected chi connectivity index (χ4v) is 0.551. The number of carbonyl (C=O) groups excluding carboxylic acids is 2. The summed E-state index contributed by atoms with van der Waals surface area (Å²) in [5.74, 6) is -1.04. The predicted molar refractivity (Wildman–Crippen MR) is 42.4 cm³/mol. The van der Waals surface area contributed by atoms with Crippen molar-refractivity contribution in [1.29, 1.82) is 0 Å². The number of rotatable bonds is 4. The second-order valence-electron chi connectivity index (χ2n) is 2.03. The van der Waals surface area contributed by atoms with Crippen LogP contribution >= 0.6 is 0 Å². The molecule has 0 heterocycles. The maximum Gasteiger partial charge on any atom is 0.344 e. The largest absolute Gasteiger partial charge is 0.500 e. The molecule has 0 N–H and O–H groups in total. The minimum atomic E-state index is -0.670. The van der Waals surface area contributed by atoms with E-state index < -0.39 is 5.97 Å². The normalized spacial score (nSPS) is 10.8. The van der Waals surface area contributed by atoms with Gasteiger partial charge in [0.15, 0.2) is 5.78 Å². The maximum absolute atomic E-state index is 10.9. The van der Waals surface area contributed by atoms with Gasteiger partial charge in [0.25, 0.3) is 0 Å². The standard InChI is InChI=1S/C8H12O4/c1-4-12-5-7(6(2)9)8(10)11-3/h5H,4H2,1-3H3/b7-5+. The molecule has 0 aliphatic heterocycles. The molecule has 0 bridgehead atoms. The van der Waals surface area contributed by atoms with Gasteiger partial charge in [-0.1, -0.05) is 0 Å². The molecule has 0 radical (unpaired) electrons. The third-order valence-electron chi connectivity index (χ3n) is 1.15. The Morgan fingerprint density at radius 3 is 2.33 bits per heavy atom. The van der Waals surface area contributed by atoms with E-state index in [1.54, 1.807) is 6.92 Å². The highest BCUT2D eigenvalue weighted by atomic mass is 16.5. The lowest BCUT2D eigenvalue weighted by Crippen LogP contribution is -2.12. The Hall–Kier alpha value is -1.32. The van der Waals surface area contributed by atoms with E-state index >= 15 is 0 Å². The Morgan fingerprint density at radius 1 is 1.42 bits per heavy atom. The van der Waals surface area contributed by atoms with Crippen molar-refractivity contribution in [3.8, 4) is 0 Å². The SMILES string of the molecule is CCO/C=C(\C(C)=O)C(=O)OC. The fraction of sp³-hybridized carbons (Fsp3) is 0.500. The second kappa shape index (κ2) is 5.35. The first-order chi connectivity index (χ1) is 5.63. The molecule has 0 unspecified atom stereocenters. The molecule has 4 heteroatoms. The lowest BCUT2D eigenvalue weighted by molar-refractivity contribution is -0.137. The highest BCUT2D eigenvalue weighted by molar-refractivity contribution is 6.16. The Kier molecular flexibility index (Phi) is 4.76. The van der Waals surface area contributed by atoms with Gasteiger partial charge in [-0.3, -0.25) is 4.79 Å². The molecule has 4 nitrogen and oxygen atoms in total. The average molecular weight is 172 g/mol. The summed E-state index contributed by atoms with van der Waals surface area (Å²) in [4.78, 5) is 21.7. The van der Waals surface area contributed by atoms with Gasteiger partial charge in [-0.2, -0.15) is 0 Å². The van der Waals surface area contributed by atoms with Gasteiger partial charge in [0, 0.05) is 0 Å². The summed E-state index contributed by atoms with van der Waals surface area (Å²) in [5.41, 5.74) is -0.0700. The van der Waals surface area contributed by atoms with Crippen LogP contribution in [-0.2, 0) is 19.1 Å². The van der Waals surface area contributed by atoms with Crippen molar-refractivity contribution < 1.29 is 19.1 Å². The zero-order valence-electron chi connectivity index (χ0n) is 7.42. The number of hydrogen-bond acceptors (Lipinski definition) is 4. The van der Waals surface area contributed by atoms with Crippen LogP contribution in [0, 0.1) is 0 Å². The topological polar surface area (TPSA) is 52.6 Å². The Labute approximate surface area is 71.2 Å². The Morgan fingerprint density at radius 2 is 2.00 bits per heavy atom. The van der Waals surface area contributed by atoms with E-state index in [0.29, 0.717) is 6.61 Å². The first-order valence-corrected chi connectivity index (χ1v) is 3.54. The van der Waals surface area contributed by atoms with E-state index in [4.69, 9.17) is 4.74 Å². The van der Waals surface area contributed by atoms with Gasteiger partial charge in [0.2, 0.25) is 0 Å². The lowest BCUT2D eigenvalue weighted by atomic mass is 10.2. The molecule has 0 aromatic heterocycles. The smallest absolute Gasteiger partial charge is 0.344 e. The minimum Gasteiger partial charge on any atom is -0.500 e. The summed E-state index contributed by atoms with van der Waals surface area (Å²) in [6, 6.07) is 0. The third kappa shape index (κ3) is 3.18. The third-order valence-corrected chi connectivity index (χ3v) is 1.15. The summed E-state index contributed by atoms with van der Waals surface area (Å²) < 4.78 is 9.16. The molecule has 0 aromatic carbocycles. The van der Waals surface area contributed by atoms with Gasteiger partial charge in [-0.15, -0.1) is 0 Å². The molecule has 0 aromatic rings. The molecule has 0 spiro atoms. The van der Waals surface area contributed by atoms with Gasteiger partial charge in [-0.05, 0) is 13.8 Å². The van der Waals surface area contributed by atoms with Crippen LogP contribution in [0.2, 0.25) is 0 Å². The summed E-state index contributed by atoms with van der Waals surface area (Å²) in [6.45, 7) is 3.45. The van der Waals surface area contributed by atoms with E-state index in [2.05, 4.69) is 4.74 Å². The molecule has 68 valence electrons. The maximum atomic E-state index is 10.9. The zero-order valence-corrected chi connectivity index (χ0v) is 7.42. The van der Waals surface area contributed by atoms with Gasteiger partial charge < -0.3 is 9.47 Å². The summed E-state index contributed by atoms with van der Waals surface area (Å²) in [7, 11) is 1.21. The highest BCUT2D eigenvalue weighted by Gasteiger charge is 2.14. The molecular weight excluding hydrogens is 160 g/mol. The number of carbonyl (C=O) groups is 2. The van der Waals surface area contributed by atoms with Crippen LogP contribution in [0.3, 0.4) is 0 Å². The zero-order chi connectivity index (χ0) is 9.56. The van der Waals surface area contributed by atoms with Crippen molar-refractivity contribution in [3.05, 3.63) is 11.8 Å². The first kappa shape index (κ1) is 10.7. The number of ketones is 1. The molecule has 0 fully saturated rings. The van der Waals surface area contributed by atoms with Gasteiger partial charge in [0.1, 0.15) is 11.8 Å². The van der Waals surface area contributed by atoms with Crippen LogP contribution in [0.15, 0.2) is 11.8 Å². The molecule has 0 aliphatic rings. The quantitative estimate of drug-likeness (QED) is 0.205. The summed E-state index contributed by atoms with van der Waals surface area (Å²) >= 11 is 0. The molecule has 0 aliphatic carbocycles. The monoisotopic (exact) mass is 172 g/mol. The number of ether oxygens (including phenoxy) is 2. The van der Waals surface area contributed by atoms with Gasteiger partial charge in [0.05, 0.1) is 13.7 Å². The van der Waals surface area contributed by atoms with E-state index in [-0.39, 0.29) is 11.4 Å². The van der Waals surface area contributed by atoms with Gasteiger partial charge >= 0.3 is 5.97 Å². The Balaban J connectivity index is 4.43. The van der Waals surface area contributed by atoms with Crippen LogP contribution in [-0.4, -0.2) is 25.5 Å². The molecule has 0 amide bonds. The predicted octanol–water partition coefficient (Wildman–Crippen LogP) is 0.669. The van der Waals surface area contributed by atoms with Gasteiger partial charge in [-0.25, -0.2) is 4.79 Å². The molecule has 0 saturated heterocycles. The van der Waals surface area contributed by atoms with Crippen molar-refractivity contribution in [3.63, 3.8) is 0 Å². The van der Waals surface area contributed by atoms with Crippen LogP contribution < -0.4 is 0 Å². The molecule has 0 atom stereocenters. The first-order valence-electron chi connectivity index (χ1n) is 3.54. The van der Waals surface area contributed by atoms with Crippen molar-refractivity contribution in [2.45, 2.75) is 13.8 Å². The Bertz CT molecular complexity index is 205.